The summed E-state index contributed by atoms with van der Waals surface area (Å²) in [7, 11) is 0. The number of benzene rings is 1. The number of halogens is 2. The van der Waals surface area contributed by atoms with Crippen LogP contribution < -0.4 is 10.1 Å². The Balaban J connectivity index is 1.63. The lowest BCUT2D eigenvalue weighted by Crippen LogP contribution is -2.47. The van der Waals surface area contributed by atoms with E-state index in [1.165, 1.54) is 0 Å². The van der Waals surface area contributed by atoms with Crippen molar-refractivity contribution in [3.05, 3.63) is 27.7 Å². The van der Waals surface area contributed by atoms with Crippen LogP contribution in [0, 0.1) is 5.92 Å². The van der Waals surface area contributed by atoms with Crippen LogP contribution in [-0.2, 0) is 9.59 Å². The molecule has 26 heavy (non-hydrogen) atoms. The zero-order chi connectivity index (χ0) is 19.1. The van der Waals surface area contributed by atoms with Crippen LogP contribution in [0.5, 0.6) is 5.75 Å². The molecule has 1 aliphatic heterocycles. The van der Waals surface area contributed by atoms with Crippen molar-refractivity contribution in [1.82, 2.24) is 10.2 Å². The van der Waals surface area contributed by atoms with Gasteiger partial charge in [0.25, 0.3) is 0 Å². The topological polar surface area (TPSA) is 58.6 Å². The third kappa shape index (κ3) is 6.47. The van der Waals surface area contributed by atoms with Gasteiger partial charge in [-0.25, -0.2) is 0 Å². The van der Waals surface area contributed by atoms with E-state index in [1.807, 2.05) is 24.8 Å². The number of rotatable bonds is 7. The summed E-state index contributed by atoms with van der Waals surface area (Å²) >= 11 is 9.44. The number of carbonyl (C=O) groups is 2. The molecule has 1 fully saturated rings. The van der Waals surface area contributed by atoms with Gasteiger partial charge in [0, 0.05) is 35.9 Å². The van der Waals surface area contributed by atoms with Gasteiger partial charge in [-0.1, -0.05) is 41.4 Å². The van der Waals surface area contributed by atoms with E-state index in [1.54, 1.807) is 12.1 Å². The molecule has 2 amide bonds. The van der Waals surface area contributed by atoms with Crippen molar-refractivity contribution in [2.45, 2.75) is 45.6 Å². The maximum absolute atomic E-state index is 12.1. The summed E-state index contributed by atoms with van der Waals surface area (Å²) in [6, 6.07) is 5.60. The smallest absolute Gasteiger partial charge is 0.225 e. The fraction of sp³-hybridized carbons (Fsp3) is 0.579. The number of hydrogen-bond acceptors (Lipinski definition) is 3. The van der Waals surface area contributed by atoms with E-state index in [0.717, 1.165) is 17.3 Å². The van der Waals surface area contributed by atoms with Gasteiger partial charge in [0.1, 0.15) is 5.75 Å². The quantitative estimate of drug-likeness (QED) is 0.645. The van der Waals surface area contributed by atoms with E-state index in [0.29, 0.717) is 43.3 Å². The summed E-state index contributed by atoms with van der Waals surface area (Å²) in [4.78, 5) is 25.9. The van der Waals surface area contributed by atoms with Gasteiger partial charge in [-0.3, -0.25) is 9.59 Å². The Morgan fingerprint density at radius 3 is 2.65 bits per heavy atom. The first-order chi connectivity index (χ1) is 12.4. The normalized spacial score (nSPS) is 15.2. The Labute approximate surface area is 168 Å². The first kappa shape index (κ1) is 21.0. The molecule has 0 aliphatic carbocycles. The van der Waals surface area contributed by atoms with E-state index >= 15 is 0 Å². The second kappa shape index (κ2) is 10.2. The molecule has 0 aromatic heterocycles. The number of likely N-dealkylation sites (tertiary alicyclic amines) is 1. The van der Waals surface area contributed by atoms with Crippen LogP contribution in [0.2, 0.25) is 5.02 Å². The third-order valence-corrected chi connectivity index (χ3v) is 5.15. The van der Waals surface area contributed by atoms with Gasteiger partial charge < -0.3 is 15.0 Å². The second-order valence-corrected chi connectivity index (χ2v) is 8.17. The summed E-state index contributed by atoms with van der Waals surface area (Å²) in [5, 5.41) is 3.61. The van der Waals surface area contributed by atoms with Gasteiger partial charge in [0.2, 0.25) is 11.8 Å². The Morgan fingerprint density at radius 1 is 1.35 bits per heavy atom. The molecular weight excluding hydrogens is 420 g/mol. The minimum Gasteiger partial charge on any atom is -0.492 e. The molecule has 0 bridgehead atoms. The highest BCUT2D eigenvalue weighted by Gasteiger charge is 2.24. The first-order valence-electron chi connectivity index (χ1n) is 9.03. The van der Waals surface area contributed by atoms with Crippen molar-refractivity contribution in [3.8, 4) is 5.75 Å². The van der Waals surface area contributed by atoms with Crippen molar-refractivity contribution >= 4 is 39.3 Å². The van der Waals surface area contributed by atoms with Crippen LogP contribution in [0.25, 0.3) is 0 Å². The van der Waals surface area contributed by atoms with Crippen molar-refractivity contribution in [1.29, 1.82) is 0 Å². The zero-order valence-corrected chi connectivity index (χ0v) is 17.6. The molecule has 1 aromatic rings. The van der Waals surface area contributed by atoms with Gasteiger partial charge in [-0.2, -0.15) is 0 Å². The van der Waals surface area contributed by atoms with Crippen LogP contribution in [0.1, 0.15) is 39.5 Å². The van der Waals surface area contributed by atoms with Crippen LogP contribution in [0.15, 0.2) is 22.7 Å². The number of hydrogen-bond donors (Lipinski definition) is 1. The average molecular weight is 446 g/mol. The Hall–Kier alpha value is -1.27. The minimum atomic E-state index is 0.0281. The van der Waals surface area contributed by atoms with Crippen LogP contribution in [0.4, 0.5) is 0 Å². The summed E-state index contributed by atoms with van der Waals surface area (Å²) in [6.07, 6.45) is 2.67. The van der Waals surface area contributed by atoms with Crippen LogP contribution in [-0.4, -0.2) is 42.5 Å². The molecule has 1 aliphatic rings. The van der Waals surface area contributed by atoms with Gasteiger partial charge in [0.05, 0.1) is 11.6 Å². The molecule has 1 aromatic carbocycles. The summed E-state index contributed by atoms with van der Waals surface area (Å²) in [5.74, 6) is 0.875. The molecule has 7 heteroatoms. The summed E-state index contributed by atoms with van der Waals surface area (Å²) in [6.45, 7) is 5.70. The van der Waals surface area contributed by atoms with Gasteiger partial charge in [-0.05, 0) is 37.5 Å². The molecule has 1 saturated heterocycles. The SMILES string of the molecule is CC(C)C(=O)N1CCC(NC(=O)CCCOc2ccc(Br)cc2Cl)CC1. The van der Waals surface area contributed by atoms with Gasteiger partial charge in [-0.15, -0.1) is 0 Å². The Bertz CT molecular complexity index is 631. The lowest BCUT2D eigenvalue weighted by atomic mass is 10.0. The molecule has 5 nitrogen and oxygen atoms in total. The van der Waals surface area contributed by atoms with Crippen molar-refractivity contribution in [3.63, 3.8) is 0 Å². The molecule has 144 valence electrons. The molecule has 1 heterocycles. The zero-order valence-electron chi connectivity index (χ0n) is 15.3. The summed E-state index contributed by atoms with van der Waals surface area (Å²) in [5.41, 5.74) is 0. The maximum atomic E-state index is 12.1. The minimum absolute atomic E-state index is 0.0281. The number of nitrogens with one attached hydrogen (secondary N) is 1. The Morgan fingerprint density at radius 2 is 2.04 bits per heavy atom. The van der Waals surface area contributed by atoms with Gasteiger partial charge >= 0.3 is 0 Å². The van der Waals surface area contributed by atoms with E-state index in [4.69, 9.17) is 16.3 Å². The van der Waals surface area contributed by atoms with E-state index < -0.39 is 0 Å². The standard InChI is InChI=1S/C19H26BrClN2O3/c1-13(2)19(25)23-9-7-15(8-10-23)22-18(24)4-3-11-26-17-6-5-14(20)12-16(17)21/h5-6,12-13,15H,3-4,7-11H2,1-2H3,(H,22,24). The molecule has 0 saturated carbocycles. The fourth-order valence-corrected chi connectivity index (χ4v) is 3.64. The molecule has 0 unspecified atom stereocenters. The maximum Gasteiger partial charge on any atom is 0.225 e. The predicted molar refractivity (Wildman–Crippen MR) is 106 cm³/mol. The third-order valence-electron chi connectivity index (χ3n) is 4.37. The highest BCUT2D eigenvalue weighted by Crippen LogP contribution is 2.27. The fourth-order valence-electron chi connectivity index (χ4n) is 2.92. The number of amides is 2. The van der Waals surface area contributed by atoms with E-state index in [9.17, 15) is 9.59 Å². The number of nitrogens with zero attached hydrogens (tertiary/aromatic N) is 1. The Kier molecular flexibility index (Phi) is 8.22. The largest absolute Gasteiger partial charge is 0.492 e. The summed E-state index contributed by atoms with van der Waals surface area (Å²) < 4.78 is 6.52. The number of ether oxygens (including phenoxy) is 1. The highest BCUT2D eigenvalue weighted by atomic mass is 79.9. The lowest BCUT2D eigenvalue weighted by Gasteiger charge is -2.33. The molecule has 2 rings (SSSR count). The predicted octanol–water partition coefficient (Wildman–Crippen LogP) is 4.02. The number of piperidine rings is 1. The first-order valence-corrected chi connectivity index (χ1v) is 10.2. The lowest BCUT2D eigenvalue weighted by molar-refractivity contribution is -0.135. The van der Waals surface area contributed by atoms with Crippen LogP contribution in [0.3, 0.4) is 0 Å². The average Bonchev–Trinajstić information content (AvgIpc) is 2.60. The van der Waals surface area contributed by atoms with Crippen molar-refractivity contribution in [2.75, 3.05) is 19.7 Å². The highest BCUT2D eigenvalue weighted by molar-refractivity contribution is 9.10. The molecule has 0 atom stereocenters. The van der Waals surface area contributed by atoms with E-state index in [-0.39, 0.29) is 23.8 Å². The molecule has 1 N–H and O–H groups in total. The van der Waals surface area contributed by atoms with Crippen LogP contribution >= 0.6 is 27.5 Å². The monoisotopic (exact) mass is 444 g/mol. The van der Waals surface area contributed by atoms with E-state index in [2.05, 4.69) is 21.2 Å². The number of carbonyl (C=O) groups excluding carboxylic acids is 2. The van der Waals surface area contributed by atoms with Crippen molar-refractivity contribution < 1.29 is 14.3 Å². The molecular formula is C19H26BrClN2O3. The van der Waals surface area contributed by atoms with Crippen molar-refractivity contribution in [2.24, 2.45) is 5.92 Å². The molecule has 0 radical (unpaired) electrons. The molecule has 0 spiro atoms. The second-order valence-electron chi connectivity index (χ2n) is 6.85. The van der Waals surface area contributed by atoms with Gasteiger partial charge in [0.15, 0.2) is 0 Å².